The van der Waals surface area contributed by atoms with Crippen LogP contribution in [0.15, 0.2) is 0 Å². The highest BCUT2D eigenvalue weighted by molar-refractivity contribution is 4.73. The first kappa shape index (κ1) is 14.9. The van der Waals surface area contributed by atoms with Crippen LogP contribution in [0.3, 0.4) is 0 Å². The topological polar surface area (TPSA) is 41.3 Å². The van der Waals surface area contributed by atoms with Gasteiger partial charge in [-0.15, -0.1) is 0 Å². The molecule has 1 aliphatic rings. The molecular weight excluding hydrogens is 210 g/mol. The van der Waals surface area contributed by atoms with Crippen LogP contribution in [0.2, 0.25) is 0 Å². The number of hydrogen-bond acceptors (Lipinski definition) is 3. The van der Waals surface area contributed by atoms with Crippen molar-refractivity contribution < 1.29 is 0 Å². The molecule has 0 aromatic rings. The van der Waals surface area contributed by atoms with Crippen molar-refractivity contribution in [1.82, 2.24) is 10.3 Å². The van der Waals surface area contributed by atoms with Crippen LogP contribution in [0.4, 0.5) is 0 Å². The average molecular weight is 241 g/mol. The van der Waals surface area contributed by atoms with Crippen LogP contribution in [0.5, 0.6) is 0 Å². The smallest absolute Gasteiger partial charge is 0.0731 e. The predicted octanol–water partition coefficient (Wildman–Crippen LogP) is 3.01. The molecule has 3 heteroatoms. The quantitative estimate of drug-likeness (QED) is 0.456. The molecule has 1 atom stereocenters. The maximum absolute atomic E-state index is 5.86. The molecule has 0 bridgehead atoms. The lowest BCUT2D eigenvalue weighted by Gasteiger charge is -2.18. The minimum Gasteiger partial charge on any atom is -0.299 e. The summed E-state index contributed by atoms with van der Waals surface area (Å²) in [6.07, 6.45) is 14.3. The molecule has 1 saturated heterocycles. The lowest BCUT2D eigenvalue weighted by Crippen LogP contribution is -2.40. The van der Waals surface area contributed by atoms with Crippen LogP contribution in [0.1, 0.15) is 71.1 Å². The van der Waals surface area contributed by atoms with Crippen molar-refractivity contribution in [3.8, 4) is 0 Å². The van der Waals surface area contributed by atoms with Gasteiger partial charge in [-0.3, -0.25) is 11.2 Å². The van der Waals surface area contributed by atoms with E-state index in [-0.39, 0.29) is 0 Å². The molecule has 1 rings (SSSR count). The Hall–Kier alpha value is -0.120. The summed E-state index contributed by atoms with van der Waals surface area (Å²) in [5.41, 5.74) is 0. The Kier molecular flexibility index (Phi) is 8.67. The van der Waals surface area contributed by atoms with Crippen molar-refractivity contribution in [3.63, 3.8) is 0 Å². The summed E-state index contributed by atoms with van der Waals surface area (Å²) in [6, 6.07) is 0. The van der Waals surface area contributed by atoms with Gasteiger partial charge in [0, 0.05) is 13.1 Å². The van der Waals surface area contributed by atoms with Gasteiger partial charge in [0.2, 0.25) is 0 Å². The van der Waals surface area contributed by atoms with E-state index in [1.54, 1.807) is 0 Å². The number of nitrogens with two attached hydrogens (primary N) is 1. The summed E-state index contributed by atoms with van der Waals surface area (Å²) in [7, 11) is 0. The number of rotatable bonds is 10. The van der Waals surface area contributed by atoms with E-state index in [4.69, 9.17) is 5.84 Å². The van der Waals surface area contributed by atoms with Crippen molar-refractivity contribution >= 4 is 0 Å². The largest absolute Gasteiger partial charge is 0.299 e. The monoisotopic (exact) mass is 241 g/mol. The van der Waals surface area contributed by atoms with Crippen LogP contribution in [-0.2, 0) is 0 Å². The fourth-order valence-electron chi connectivity index (χ4n) is 2.55. The summed E-state index contributed by atoms with van der Waals surface area (Å²) < 4.78 is 0. The SMILES string of the molecule is CCCCCCCCCCCC1NCCN1N. The molecule has 0 aromatic heterocycles. The van der Waals surface area contributed by atoms with E-state index >= 15 is 0 Å². The summed E-state index contributed by atoms with van der Waals surface area (Å²) in [6.45, 7) is 4.33. The second-order valence-corrected chi connectivity index (χ2v) is 5.32. The second-order valence-electron chi connectivity index (χ2n) is 5.32. The van der Waals surface area contributed by atoms with Crippen molar-refractivity contribution in [1.29, 1.82) is 0 Å². The van der Waals surface area contributed by atoms with Gasteiger partial charge in [0.15, 0.2) is 0 Å². The molecule has 3 N–H and O–H groups in total. The number of nitrogens with zero attached hydrogens (tertiary/aromatic N) is 1. The molecular formula is C14H31N3. The Morgan fingerprint density at radius 2 is 1.59 bits per heavy atom. The fraction of sp³-hybridized carbons (Fsp3) is 1.00. The third-order valence-corrected chi connectivity index (χ3v) is 3.73. The predicted molar refractivity (Wildman–Crippen MR) is 74.5 cm³/mol. The van der Waals surface area contributed by atoms with Crippen molar-refractivity contribution in [2.45, 2.75) is 77.3 Å². The zero-order valence-electron chi connectivity index (χ0n) is 11.6. The molecule has 1 unspecified atom stereocenters. The lowest BCUT2D eigenvalue weighted by atomic mass is 10.1. The Morgan fingerprint density at radius 3 is 2.12 bits per heavy atom. The second kappa shape index (κ2) is 9.86. The van der Waals surface area contributed by atoms with Gasteiger partial charge in [-0.05, 0) is 6.42 Å². The maximum Gasteiger partial charge on any atom is 0.0731 e. The Labute approximate surface area is 107 Å². The van der Waals surface area contributed by atoms with Gasteiger partial charge >= 0.3 is 0 Å². The highest BCUT2D eigenvalue weighted by Crippen LogP contribution is 2.12. The zero-order chi connectivity index (χ0) is 12.3. The van der Waals surface area contributed by atoms with E-state index in [0.29, 0.717) is 6.17 Å². The molecule has 102 valence electrons. The van der Waals surface area contributed by atoms with Crippen LogP contribution < -0.4 is 11.2 Å². The first-order valence-corrected chi connectivity index (χ1v) is 7.59. The average Bonchev–Trinajstić information content (AvgIpc) is 2.73. The van der Waals surface area contributed by atoms with Crippen molar-refractivity contribution in [2.75, 3.05) is 13.1 Å². The minimum absolute atomic E-state index is 0.444. The Bertz CT molecular complexity index is 173. The lowest BCUT2D eigenvalue weighted by molar-refractivity contribution is 0.231. The molecule has 1 aliphatic heterocycles. The highest BCUT2D eigenvalue weighted by Gasteiger charge is 2.19. The Balaban J connectivity index is 1.78. The number of hydrazine groups is 1. The minimum atomic E-state index is 0.444. The van der Waals surface area contributed by atoms with E-state index in [1.165, 1.54) is 64.2 Å². The third-order valence-electron chi connectivity index (χ3n) is 3.73. The molecule has 0 radical (unpaired) electrons. The van der Waals surface area contributed by atoms with Crippen LogP contribution in [0, 0.1) is 0 Å². The number of nitrogens with one attached hydrogen (secondary N) is 1. The maximum atomic E-state index is 5.86. The van der Waals surface area contributed by atoms with Gasteiger partial charge < -0.3 is 0 Å². The van der Waals surface area contributed by atoms with E-state index in [2.05, 4.69) is 12.2 Å². The molecule has 0 aliphatic carbocycles. The fourth-order valence-corrected chi connectivity index (χ4v) is 2.55. The molecule has 0 aromatic carbocycles. The zero-order valence-corrected chi connectivity index (χ0v) is 11.6. The molecule has 1 heterocycles. The van der Waals surface area contributed by atoms with Gasteiger partial charge in [-0.25, -0.2) is 5.01 Å². The van der Waals surface area contributed by atoms with Gasteiger partial charge in [0.1, 0.15) is 0 Å². The summed E-state index contributed by atoms with van der Waals surface area (Å²) in [5, 5.41) is 5.38. The van der Waals surface area contributed by atoms with Crippen molar-refractivity contribution in [3.05, 3.63) is 0 Å². The van der Waals surface area contributed by atoms with E-state index in [9.17, 15) is 0 Å². The van der Waals surface area contributed by atoms with Gasteiger partial charge in [-0.2, -0.15) is 0 Å². The first-order valence-electron chi connectivity index (χ1n) is 7.59. The standard InChI is InChI=1S/C14H31N3/c1-2-3-4-5-6-7-8-9-10-11-14-16-12-13-17(14)15/h14,16H,2-13,15H2,1H3. The highest BCUT2D eigenvalue weighted by atomic mass is 15.5. The van der Waals surface area contributed by atoms with Crippen LogP contribution in [-0.4, -0.2) is 24.3 Å². The molecule has 0 saturated carbocycles. The van der Waals surface area contributed by atoms with Gasteiger partial charge in [-0.1, -0.05) is 64.7 Å². The van der Waals surface area contributed by atoms with Crippen LogP contribution >= 0.6 is 0 Å². The number of unbranched alkanes of at least 4 members (excludes halogenated alkanes) is 8. The van der Waals surface area contributed by atoms with Crippen molar-refractivity contribution in [2.24, 2.45) is 5.84 Å². The molecule has 17 heavy (non-hydrogen) atoms. The normalized spacial score (nSPS) is 21.2. The van der Waals surface area contributed by atoms with Crippen LogP contribution in [0.25, 0.3) is 0 Å². The van der Waals surface area contributed by atoms with E-state index in [1.807, 2.05) is 5.01 Å². The molecule has 3 nitrogen and oxygen atoms in total. The van der Waals surface area contributed by atoms with Gasteiger partial charge in [0.25, 0.3) is 0 Å². The molecule has 1 fully saturated rings. The first-order chi connectivity index (χ1) is 8.34. The third kappa shape index (κ3) is 7.02. The number of hydrogen-bond donors (Lipinski definition) is 2. The Morgan fingerprint density at radius 1 is 1.00 bits per heavy atom. The summed E-state index contributed by atoms with van der Waals surface area (Å²) in [4.78, 5) is 0. The summed E-state index contributed by atoms with van der Waals surface area (Å²) >= 11 is 0. The summed E-state index contributed by atoms with van der Waals surface area (Å²) in [5.74, 6) is 5.86. The molecule has 0 spiro atoms. The van der Waals surface area contributed by atoms with E-state index in [0.717, 1.165) is 13.1 Å². The molecule has 0 amide bonds. The van der Waals surface area contributed by atoms with E-state index < -0.39 is 0 Å². The van der Waals surface area contributed by atoms with Gasteiger partial charge in [0.05, 0.1) is 6.17 Å².